The Morgan fingerprint density at radius 3 is 2.03 bits per heavy atom. The van der Waals surface area contributed by atoms with Gasteiger partial charge < -0.3 is 24.8 Å². The van der Waals surface area contributed by atoms with Crippen molar-refractivity contribution in [3.63, 3.8) is 0 Å². The number of rotatable bonds is 6. The molecule has 5 saturated carbocycles. The molecule has 5 aliphatic rings. The fourth-order valence-electron chi connectivity index (χ4n) is 12.3. The van der Waals surface area contributed by atoms with Crippen molar-refractivity contribution in [2.24, 2.45) is 62.6 Å². The van der Waals surface area contributed by atoms with Gasteiger partial charge in [-0.2, -0.15) is 0 Å². The zero-order chi connectivity index (χ0) is 28.8. The van der Waals surface area contributed by atoms with Crippen LogP contribution in [0, 0.1) is 62.6 Å². The summed E-state index contributed by atoms with van der Waals surface area (Å²) in [5.41, 5.74) is -2.00. The lowest BCUT2D eigenvalue weighted by Crippen LogP contribution is -2.68. The summed E-state index contributed by atoms with van der Waals surface area (Å²) in [4.78, 5) is 25.6. The molecule has 222 valence electrons. The van der Waals surface area contributed by atoms with E-state index in [0.29, 0.717) is 24.7 Å². The highest BCUT2D eigenvalue weighted by molar-refractivity contribution is 5.76. The first kappa shape index (κ1) is 29.3. The van der Waals surface area contributed by atoms with Crippen LogP contribution in [-0.4, -0.2) is 53.9 Å². The minimum atomic E-state index is -1.13. The molecule has 0 aromatic heterocycles. The molecule has 0 saturated heterocycles. The number of carboxylic acids is 2. The normalized spacial score (nSPS) is 51.8. The van der Waals surface area contributed by atoms with Crippen LogP contribution in [0.2, 0.25) is 0 Å². The van der Waals surface area contributed by atoms with Gasteiger partial charge in [0.1, 0.15) is 0 Å². The molecule has 0 bridgehead atoms. The largest absolute Gasteiger partial charge is 0.481 e. The molecule has 0 radical (unpaired) electrons. The van der Waals surface area contributed by atoms with Gasteiger partial charge in [0.25, 0.3) is 0 Å². The van der Waals surface area contributed by atoms with E-state index in [1.54, 1.807) is 21.1 Å². The van der Waals surface area contributed by atoms with Crippen molar-refractivity contribution in [2.45, 2.75) is 111 Å². The zero-order valence-electron chi connectivity index (χ0n) is 25.2. The molecule has 0 heterocycles. The van der Waals surface area contributed by atoms with E-state index in [4.69, 9.17) is 9.47 Å². The molecule has 5 rings (SSSR count). The molecule has 3 N–H and O–H groups in total. The molecule has 7 heteroatoms. The summed E-state index contributed by atoms with van der Waals surface area (Å²) >= 11 is 0. The Bertz CT molecular complexity index is 995. The van der Waals surface area contributed by atoms with Crippen LogP contribution in [-0.2, 0) is 19.1 Å². The molecule has 5 aliphatic carbocycles. The predicted octanol–water partition coefficient (Wildman–Crippen LogP) is 5.83. The Balaban J connectivity index is 1.55. The number of hydrogen-bond donors (Lipinski definition) is 3. The van der Waals surface area contributed by atoms with Gasteiger partial charge in [-0.3, -0.25) is 9.59 Å². The van der Waals surface area contributed by atoms with E-state index < -0.39 is 28.9 Å². The van der Waals surface area contributed by atoms with Crippen LogP contribution in [0.15, 0.2) is 0 Å². The van der Waals surface area contributed by atoms with Crippen molar-refractivity contribution < 1.29 is 34.4 Å². The first-order valence-corrected chi connectivity index (χ1v) is 15.4. The standard InChI is InChI=1S/C32H52O7/c1-18(25(38-6)39-7)19-10-15-32(27(36)37)17-16-29(3)20(24(19)32)8-9-21-28(2)13-12-23(33)31(5,26(34)35)22(28)11-14-30(21,29)4/h18-25,33H,8-17H2,1-7H3,(H,34,35)(H,36,37)/t18-,19+,20-,21-,22-,23-,24?,28-,29-,30-,31+,32+/m1/s1. The van der Waals surface area contributed by atoms with Crippen LogP contribution in [0.1, 0.15) is 98.8 Å². The molecule has 12 atom stereocenters. The highest BCUT2D eigenvalue weighted by Gasteiger charge is 2.73. The van der Waals surface area contributed by atoms with Gasteiger partial charge >= 0.3 is 11.9 Å². The first-order valence-electron chi connectivity index (χ1n) is 15.4. The Labute approximate surface area is 234 Å². The number of fused-ring (bicyclic) bond motifs is 7. The van der Waals surface area contributed by atoms with Crippen LogP contribution in [0.4, 0.5) is 0 Å². The highest BCUT2D eigenvalue weighted by Crippen LogP contribution is 2.77. The van der Waals surface area contributed by atoms with Crippen molar-refractivity contribution in [3.8, 4) is 0 Å². The van der Waals surface area contributed by atoms with Gasteiger partial charge in [0.05, 0.1) is 16.9 Å². The van der Waals surface area contributed by atoms with E-state index >= 15 is 0 Å². The number of ether oxygens (including phenoxy) is 2. The lowest BCUT2D eigenvalue weighted by molar-refractivity contribution is -0.254. The quantitative estimate of drug-likeness (QED) is 0.358. The second-order valence-electron chi connectivity index (χ2n) is 15.2. The summed E-state index contributed by atoms with van der Waals surface area (Å²) < 4.78 is 11.4. The topological polar surface area (TPSA) is 113 Å². The number of carboxylic acid groups (broad SMARTS) is 2. The lowest BCUT2D eigenvalue weighted by Gasteiger charge is -2.72. The van der Waals surface area contributed by atoms with E-state index in [-0.39, 0.29) is 46.2 Å². The molecule has 39 heavy (non-hydrogen) atoms. The second kappa shape index (κ2) is 9.42. The first-order chi connectivity index (χ1) is 18.2. The summed E-state index contributed by atoms with van der Waals surface area (Å²) in [5.74, 6) is -0.494. The number of hydrogen-bond acceptors (Lipinski definition) is 5. The molecule has 0 aromatic rings. The maximum atomic E-state index is 13.0. The summed E-state index contributed by atoms with van der Waals surface area (Å²) in [5, 5.41) is 32.0. The lowest BCUT2D eigenvalue weighted by atomic mass is 9.32. The van der Waals surface area contributed by atoms with Crippen LogP contribution in [0.25, 0.3) is 0 Å². The van der Waals surface area contributed by atoms with E-state index in [1.807, 2.05) is 0 Å². The molecule has 0 spiro atoms. The van der Waals surface area contributed by atoms with Crippen LogP contribution in [0.5, 0.6) is 0 Å². The minimum absolute atomic E-state index is 0.00811. The van der Waals surface area contributed by atoms with Gasteiger partial charge in [-0.1, -0.05) is 27.7 Å². The van der Waals surface area contributed by atoms with Crippen molar-refractivity contribution in [1.82, 2.24) is 0 Å². The van der Waals surface area contributed by atoms with Crippen LogP contribution >= 0.6 is 0 Å². The number of aliphatic carboxylic acids is 2. The average molecular weight is 549 g/mol. The van der Waals surface area contributed by atoms with Gasteiger partial charge in [0.2, 0.25) is 0 Å². The average Bonchev–Trinajstić information content (AvgIpc) is 3.28. The third kappa shape index (κ3) is 3.57. The third-order valence-corrected chi connectivity index (χ3v) is 14.6. The Hall–Kier alpha value is -1.18. The van der Waals surface area contributed by atoms with Gasteiger partial charge in [-0.15, -0.1) is 0 Å². The molecule has 1 unspecified atom stereocenters. The Kier molecular flexibility index (Phi) is 7.08. The van der Waals surface area contributed by atoms with Crippen LogP contribution < -0.4 is 0 Å². The van der Waals surface area contributed by atoms with E-state index in [1.165, 1.54) is 0 Å². The van der Waals surface area contributed by atoms with Crippen molar-refractivity contribution >= 4 is 11.9 Å². The second-order valence-corrected chi connectivity index (χ2v) is 15.2. The van der Waals surface area contributed by atoms with Gasteiger partial charge in [-0.25, -0.2) is 0 Å². The highest BCUT2D eigenvalue weighted by atomic mass is 16.7. The number of methoxy groups -OCH3 is 2. The summed E-state index contributed by atoms with van der Waals surface area (Å²) in [6, 6.07) is 0. The Morgan fingerprint density at radius 1 is 0.769 bits per heavy atom. The molecule has 7 nitrogen and oxygen atoms in total. The van der Waals surface area contributed by atoms with Crippen molar-refractivity contribution in [3.05, 3.63) is 0 Å². The monoisotopic (exact) mass is 548 g/mol. The van der Waals surface area contributed by atoms with E-state index in [0.717, 1.165) is 51.4 Å². The SMILES string of the molecule is COC(OC)[C@H](C)[C@@H]1CC[C@]2(C(=O)O)CC[C@]3(C)[C@H](CC[C@@H]4[C@@]5(C)CC[C@@H](O)[C@@](C)(C(=O)O)[C@@H]5CC[C@]43C)C12. The smallest absolute Gasteiger partial charge is 0.312 e. The fourth-order valence-corrected chi connectivity index (χ4v) is 12.3. The molecular weight excluding hydrogens is 496 g/mol. The third-order valence-electron chi connectivity index (χ3n) is 14.6. The molecule has 0 amide bonds. The summed E-state index contributed by atoms with van der Waals surface area (Å²) in [7, 11) is 3.35. The molecule has 5 fully saturated rings. The number of aliphatic hydroxyl groups excluding tert-OH is 1. The van der Waals surface area contributed by atoms with E-state index in [9.17, 15) is 24.9 Å². The van der Waals surface area contributed by atoms with E-state index in [2.05, 4.69) is 27.7 Å². The molecule has 0 aromatic carbocycles. The zero-order valence-corrected chi connectivity index (χ0v) is 25.2. The van der Waals surface area contributed by atoms with Crippen molar-refractivity contribution in [1.29, 1.82) is 0 Å². The fraction of sp³-hybridized carbons (Fsp3) is 0.938. The van der Waals surface area contributed by atoms with Crippen LogP contribution in [0.3, 0.4) is 0 Å². The minimum Gasteiger partial charge on any atom is -0.481 e. The maximum Gasteiger partial charge on any atom is 0.312 e. The number of aliphatic hydroxyl groups is 1. The van der Waals surface area contributed by atoms with Crippen molar-refractivity contribution in [2.75, 3.05) is 14.2 Å². The van der Waals surface area contributed by atoms with Gasteiger partial charge in [0.15, 0.2) is 6.29 Å². The Morgan fingerprint density at radius 2 is 1.44 bits per heavy atom. The summed E-state index contributed by atoms with van der Waals surface area (Å²) in [6.45, 7) is 11.2. The van der Waals surface area contributed by atoms with Gasteiger partial charge in [0, 0.05) is 20.1 Å². The molecule has 0 aliphatic heterocycles. The molecular formula is C32H52O7. The summed E-state index contributed by atoms with van der Waals surface area (Å²) in [6.07, 6.45) is 7.18. The number of carbonyl (C=O) groups is 2. The predicted molar refractivity (Wildman–Crippen MR) is 147 cm³/mol. The van der Waals surface area contributed by atoms with Gasteiger partial charge in [-0.05, 0) is 117 Å². The maximum absolute atomic E-state index is 13.0.